The smallest absolute Gasteiger partial charge is 0.257 e. The van der Waals surface area contributed by atoms with E-state index in [0.717, 1.165) is 30.5 Å². The molecule has 0 radical (unpaired) electrons. The van der Waals surface area contributed by atoms with Gasteiger partial charge in [-0.05, 0) is 62.6 Å². The molecule has 0 saturated carbocycles. The summed E-state index contributed by atoms with van der Waals surface area (Å²) in [5.74, 6) is 0.850. The maximum Gasteiger partial charge on any atom is 0.257 e. The van der Waals surface area contributed by atoms with E-state index in [1.807, 2.05) is 66.2 Å². The zero-order chi connectivity index (χ0) is 33.3. The Bertz CT molecular complexity index is 1690. The molecule has 2 aromatic heterocycles. The summed E-state index contributed by atoms with van der Waals surface area (Å²) in [4.78, 5) is 54.2. The third kappa shape index (κ3) is 8.07. The molecular formula is C37H44N8O3. The average Bonchev–Trinajstić information content (AvgIpc) is 3.49. The summed E-state index contributed by atoms with van der Waals surface area (Å²) in [5, 5.41) is 11.4. The number of rotatable bonds is 7. The number of nitrogens with one attached hydrogen (secondary N) is 2. The molecule has 0 aliphatic carbocycles. The minimum Gasteiger partial charge on any atom is -0.384 e. The number of hydrogen-bond donors (Lipinski definition) is 2. The molecule has 2 N–H and O–H groups in total. The van der Waals surface area contributed by atoms with Crippen LogP contribution in [0.1, 0.15) is 71.3 Å². The van der Waals surface area contributed by atoms with Gasteiger partial charge in [0.25, 0.3) is 5.91 Å². The second-order valence-electron chi connectivity index (χ2n) is 12.6. The molecule has 2 atom stereocenters. The molecular weight excluding hydrogens is 604 g/mol. The van der Waals surface area contributed by atoms with Gasteiger partial charge in [-0.3, -0.25) is 19.4 Å². The first kappa shape index (κ1) is 32.9. The van der Waals surface area contributed by atoms with Crippen LogP contribution in [0.5, 0.6) is 0 Å². The van der Waals surface area contributed by atoms with Gasteiger partial charge in [0.2, 0.25) is 11.8 Å². The van der Waals surface area contributed by atoms with Crippen LogP contribution in [0, 0.1) is 6.92 Å². The number of piperidine rings is 1. The lowest BCUT2D eigenvalue weighted by molar-refractivity contribution is -0.142. The Labute approximate surface area is 281 Å². The molecule has 11 heteroatoms. The Hall–Kier alpha value is -5.06. The van der Waals surface area contributed by atoms with Gasteiger partial charge in [-0.2, -0.15) is 5.10 Å². The third-order valence-corrected chi connectivity index (χ3v) is 9.15. The van der Waals surface area contributed by atoms with E-state index in [-0.39, 0.29) is 24.1 Å². The van der Waals surface area contributed by atoms with Gasteiger partial charge in [0, 0.05) is 45.0 Å². The van der Waals surface area contributed by atoms with Crippen molar-refractivity contribution in [2.24, 2.45) is 0 Å². The molecule has 0 unspecified atom stereocenters. The Kier molecular flexibility index (Phi) is 10.7. The number of aryl methyl sites for hydroxylation is 1. The fourth-order valence-electron chi connectivity index (χ4n) is 6.69. The molecule has 48 heavy (non-hydrogen) atoms. The second kappa shape index (κ2) is 15.7. The van der Waals surface area contributed by atoms with Gasteiger partial charge in [-0.25, -0.2) is 9.67 Å². The highest BCUT2D eigenvalue weighted by Crippen LogP contribution is 2.24. The van der Waals surface area contributed by atoms with Gasteiger partial charge in [0.05, 0.1) is 23.8 Å². The Balaban J connectivity index is 1.28. The highest BCUT2D eigenvalue weighted by Gasteiger charge is 2.34. The van der Waals surface area contributed by atoms with Crippen molar-refractivity contribution in [3.8, 4) is 0 Å². The standard InChI is InChI=1S/C37H44N8O3/c1-27-40-35-32(25-29-13-6-3-7-14-29)41-36(47)33-15-8-9-22-44(33)34(46)16-10-21-43(23-24-45(35)42-27)37(48)30-26-38-19-18-31(30)39-20-17-28-11-4-2-5-12-28/h2-7,11-14,18-19,26,32-33H,8-10,15-17,20-25H2,1H3,(H,38,39)(H,41,47)/t32-,33+/m1/s1. The zero-order valence-electron chi connectivity index (χ0n) is 27.6. The number of benzene rings is 2. The number of hydrogen-bond acceptors (Lipinski definition) is 7. The molecule has 0 bridgehead atoms. The molecule has 2 aliphatic rings. The SMILES string of the molecule is Cc1nc2n(n1)CCN(C(=O)c1cnccc1NCCc1ccccc1)CCCC(=O)N1CCCC[C@H]1C(=O)N[C@@H]2Cc1ccccc1. The van der Waals surface area contributed by atoms with Crippen LogP contribution < -0.4 is 10.6 Å². The Morgan fingerprint density at radius 3 is 2.48 bits per heavy atom. The van der Waals surface area contributed by atoms with Crippen molar-refractivity contribution in [2.75, 3.05) is 31.5 Å². The first-order valence-corrected chi connectivity index (χ1v) is 17.0. The zero-order valence-corrected chi connectivity index (χ0v) is 27.6. The molecule has 0 spiro atoms. The van der Waals surface area contributed by atoms with E-state index in [0.29, 0.717) is 69.2 Å². The van der Waals surface area contributed by atoms with Crippen molar-refractivity contribution in [3.63, 3.8) is 0 Å². The number of carbonyl (C=O) groups excluding carboxylic acids is 3. The van der Waals surface area contributed by atoms with E-state index >= 15 is 0 Å². The van der Waals surface area contributed by atoms with Crippen molar-refractivity contribution in [1.29, 1.82) is 0 Å². The van der Waals surface area contributed by atoms with Gasteiger partial charge in [-0.1, -0.05) is 60.7 Å². The van der Waals surface area contributed by atoms with E-state index in [1.54, 1.807) is 22.2 Å². The van der Waals surface area contributed by atoms with Crippen LogP contribution in [0.3, 0.4) is 0 Å². The highest BCUT2D eigenvalue weighted by atomic mass is 16.2. The lowest BCUT2D eigenvalue weighted by atomic mass is 9.99. The number of fused-ring (bicyclic) bond motifs is 2. The van der Waals surface area contributed by atoms with Crippen LogP contribution in [0.4, 0.5) is 5.69 Å². The first-order valence-electron chi connectivity index (χ1n) is 17.0. The van der Waals surface area contributed by atoms with Crippen molar-refractivity contribution in [2.45, 2.75) is 70.5 Å². The molecule has 4 heterocycles. The van der Waals surface area contributed by atoms with Crippen molar-refractivity contribution < 1.29 is 14.4 Å². The quantitative estimate of drug-likeness (QED) is 0.305. The predicted molar refractivity (Wildman–Crippen MR) is 183 cm³/mol. The van der Waals surface area contributed by atoms with Crippen LogP contribution in [0.2, 0.25) is 0 Å². The number of carbonyl (C=O) groups is 3. The average molecular weight is 649 g/mol. The van der Waals surface area contributed by atoms with Gasteiger partial charge in [0.1, 0.15) is 17.7 Å². The monoisotopic (exact) mass is 648 g/mol. The van der Waals surface area contributed by atoms with E-state index in [2.05, 4.69) is 27.8 Å². The summed E-state index contributed by atoms with van der Waals surface area (Å²) in [6.45, 7) is 4.15. The van der Waals surface area contributed by atoms with Crippen LogP contribution in [0.25, 0.3) is 0 Å². The van der Waals surface area contributed by atoms with E-state index in [4.69, 9.17) is 10.1 Å². The van der Waals surface area contributed by atoms with Crippen LogP contribution >= 0.6 is 0 Å². The Morgan fingerprint density at radius 2 is 1.69 bits per heavy atom. The normalized spacial score (nSPS) is 19.1. The lowest BCUT2D eigenvalue weighted by Gasteiger charge is -2.36. The summed E-state index contributed by atoms with van der Waals surface area (Å²) < 4.78 is 1.82. The van der Waals surface area contributed by atoms with Gasteiger partial charge >= 0.3 is 0 Å². The molecule has 6 rings (SSSR count). The topological polar surface area (TPSA) is 125 Å². The minimum atomic E-state index is -0.539. The molecule has 2 aliphatic heterocycles. The number of pyridine rings is 1. The largest absolute Gasteiger partial charge is 0.384 e. The van der Waals surface area contributed by atoms with Gasteiger partial charge < -0.3 is 20.4 Å². The molecule has 4 aromatic rings. The van der Waals surface area contributed by atoms with Crippen molar-refractivity contribution in [3.05, 3.63) is 107 Å². The minimum absolute atomic E-state index is 0.0532. The maximum absolute atomic E-state index is 14.2. The summed E-state index contributed by atoms with van der Waals surface area (Å²) in [6, 6.07) is 21.0. The second-order valence-corrected chi connectivity index (χ2v) is 12.6. The van der Waals surface area contributed by atoms with E-state index < -0.39 is 12.1 Å². The molecule has 3 amide bonds. The predicted octanol–water partition coefficient (Wildman–Crippen LogP) is 4.35. The summed E-state index contributed by atoms with van der Waals surface area (Å²) in [5.41, 5.74) is 3.47. The molecule has 11 nitrogen and oxygen atoms in total. The molecule has 1 saturated heterocycles. The fraction of sp³-hybridized carbons (Fsp3) is 0.405. The molecule has 1 fully saturated rings. The van der Waals surface area contributed by atoms with Gasteiger partial charge in [-0.15, -0.1) is 0 Å². The summed E-state index contributed by atoms with van der Waals surface area (Å²) in [6.07, 6.45) is 7.72. The van der Waals surface area contributed by atoms with Crippen LogP contribution in [-0.2, 0) is 29.0 Å². The summed E-state index contributed by atoms with van der Waals surface area (Å²) in [7, 11) is 0. The first-order chi connectivity index (χ1) is 23.5. The lowest BCUT2D eigenvalue weighted by Crippen LogP contribution is -2.53. The number of anilines is 1. The van der Waals surface area contributed by atoms with Crippen molar-refractivity contribution >= 4 is 23.4 Å². The van der Waals surface area contributed by atoms with Crippen LogP contribution in [-0.4, -0.2) is 79.5 Å². The van der Waals surface area contributed by atoms with E-state index in [9.17, 15) is 14.4 Å². The fourth-order valence-corrected chi connectivity index (χ4v) is 6.69. The Morgan fingerprint density at radius 1 is 0.917 bits per heavy atom. The van der Waals surface area contributed by atoms with E-state index in [1.165, 1.54) is 5.56 Å². The number of amides is 3. The number of aromatic nitrogens is 4. The maximum atomic E-state index is 14.2. The van der Waals surface area contributed by atoms with Gasteiger partial charge in [0.15, 0.2) is 0 Å². The van der Waals surface area contributed by atoms with Crippen LogP contribution in [0.15, 0.2) is 79.1 Å². The third-order valence-electron chi connectivity index (χ3n) is 9.15. The van der Waals surface area contributed by atoms with Crippen molar-refractivity contribution in [1.82, 2.24) is 34.9 Å². The number of nitrogens with zero attached hydrogens (tertiary/aromatic N) is 6. The highest BCUT2D eigenvalue weighted by molar-refractivity contribution is 5.99. The summed E-state index contributed by atoms with van der Waals surface area (Å²) >= 11 is 0. The molecule has 250 valence electrons. The molecule has 2 aromatic carbocycles.